The number of rotatable bonds is 3. The standard InChI is InChI=1S/C15H23NO/c1-11-7-8-14(9-12(11)2)16-15-6-4-3-5-13(15)10-17/h3-6,11-12,14,16-17H,7-10H2,1-2H3. The Labute approximate surface area is 104 Å². The average molecular weight is 233 g/mol. The second-order valence-electron chi connectivity index (χ2n) is 5.42. The number of aliphatic hydroxyl groups excluding tert-OH is 1. The third-order valence-corrected chi connectivity index (χ3v) is 4.15. The smallest absolute Gasteiger partial charge is 0.0701 e. The Morgan fingerprint density at radius 3 is 2.65 bits per heavy atom. The Balaban J connectivity index is 2.01. The van der Waals surface area contributed by atoms with Crippen LogP contribution in [0, 0.1) is 11.8 Å². The van der Waals surface area contributed by atoms with E-state index in [1.165, 1.54) is 19.3 Å². The molecule has 0 heterocycles. The minimum Gasteiger partial charge on any atom is -0.392 e. The number of hydrogen-bond donors (Lipinski definition) is 2. The van der Waals surface area contributed by atoms with Crippen LogP contribution in [-0.4, -0.2) is 11.1 Å². The fraction of sp³-hybridized carbons (Fsp3) is 0.600. The summed E-state index contributed by atoms with van der Waals surface area (Å²) in [5.41, 5.74) is 2.10. The molecule has 1 aliphatic carbocycles. The van der Waals surface area contributed by atoms with Crippen LogP contribution in [0.15, 0.2) is 24.3 Å². The van der Waals surface area contributed by atoms with Crippen LogP contribution in [0.25, 0.3) is 0 Å². The molecule has 2 N–H and O–H groups in total. The summed E-state index contributed by atoms with van der Waals surface area (Å²) in [5.74, 6) is 1.64. The van der Waals surface area contributed by atoms with Crippen molar-refractivity contribution in [1.82, 2.24) is 0 Å². The molecule has 17 heavy (non-hydrogen) atoms. The van der Waals surface area contributed by atoms with Crippen molar-refractivity contribution in [2.45, 2.75) is 45.8 Å². The summed E-state index contributed by atoms with van der Waals surface area (Å²) in [6.07, 6.45) is 3.78. The minimum atomic E-state index is 0.113. The SMILES string of the molecule is CC1CCC(Nc2ccccc2CO)CC1C. The van der Waals surface area contributed by atoms with E-state index in [4.69, 9.17) is 0 Å². The van der Waals surface area contributed by atoms with Gasteiger partial charge in [-0.05, 0) is 37.2 Å². The lowest BCUT2D eigenvalue weighted by Gasteiger charge is -2.33. The van der Waals surface area contributed by atoms with E-state index in [-0.39, 0.29) is 6.61 Å². The number of anilines is 1. The second-order valence-corrected chi connectivity index (χ2v) is 5.42. The monoisotopic (exact) mass is 233 g/mol. The van der Waals surface area contributed by atoms with E-state index in [1.54, 1.807) is 0 Å². The molecule has 0 amide bonds. The molecule has 1 saturated carbocycles. The van der Waals surface area contributed by atoms with Gasteiger partial charge in [0, 0.05) is 17.3 Å². The number of hydrogen-bond acceptors (Lipinski definition) is 2. The van der Waals surface area contributed by atoms with E-state index in [2.05, 4.69) is 25.2 Å². The van der Waals surface area contributed by atoms with Crippen LogP contribution >= 0.6 is 0 Å². The summed E-state index contributed by atoms with van der Waals surface area (Å²) < 4.78 is 0. The molecule has 2 heteroatoms. The number of aliphatic hydroxyl groups is 1. The molecule has 1 fully saturated rings. The van der Waals surface area contributed by atoms with Crippen molar-refractivity contribution in [2.24, 2.45) is 11.8 Å². The molecule has 2 rings (SSSR count). The van der Waals surface area contributed by atoms with Crippen molar-refractivity contribution in [3.8, 4) is 0 Å². The van der Waals surface area contributed by atoms with Gasteiger partial charge in [0.15, 0.2) is 0 Å². The van der Waals surface area contributed by atoms with E-state index < -0.39 is 0 Å². The minimum absolute atomic E-state index is 0.113. The molecule has 94 valence electrons. The summed E-state index contributed by atoms with van der Waals surface area (Å²) in [4.78, 5) is 0. The quantitative estimate of drug-likeness (QED) is 0.838. The van der Waals surface area contributed by atoms with E-state index in [0.29, 0.717) is 6.04 Å². The molecule has 3 unspecified atom stereocenters. The summed E-state index contributed by atoms with van der Waals surface area (Å²) in [5, 5.41) is 12.9. The topological polar surface area (TPSA) is 32.3 Å². The lowest BCUT2D eigenvalue weighted by molar-refractivity contribution is 0.260. The predicted octanol–water partition coefficient (Wildman–Crippen LogP) is 3.42. The van der Waals surface area contributed by atoms with Gasteiger partial charge in [-0.2, -0.15) is 0 Å². The normalized spacial score (nSPS) is 29.0. The maximum atomic E-state index is 9.30. The molecule has 1 aromatic carbocycles. The van der Waals surface area contributed by atoms with Gasteiger partial charge in [-0.3, -0.25) is 0 Å². The van der Waals surface area contributed by atoms with Gasteiger partial charge >= 0.3 is 0 Å². The highest BCUT2D eigenvalue weighted by Gasteiger charge is 2.24. The lowest BCUT2D eigenvalue weighted by atomic mass is 9.79. The van der Waals surface area contributed by atoms with Crippen molar-refractivity contribution >= 4 is 5.69 Å². The van der Waals surface area contributed by atoms with Crippen LogP contribution in [0.4, 0.5) is 5.69 Å². The van der Waals surface area contributed by atoms with Gasteiger partial charge in [0.1, 0.15) is 0 Å². The molecule has 1 aromatic rings. The first-order chi connectivity index (χ1) is 8.20. The van der Waals surface area contributed by atoms with Crippen molar-refractivity contribution in [2.75, 3.05) is 5.32 Å². The first kappa shape index (κ1) is 12.4. The maximum Gasteiger partial charge on any atom is 0.0701 e. The molecular formula is C15H23NO. The van der Waals surface area contributed by atoms with Crippen molar-refractivity contribution in [3.63, 3.8) is 0 Å². The largest absolute Gasteiger partial charge is 0.392 e. The van der Waals surface area contributed by atoms with E-state index in [9.17, 15) is 5.11 Å². The molecule has 2 nitrogen and oxygen atoms in total. The molecular weight excluding hydrogens is 210 g/mol. The third kappa shape index (κ3) is 3.01. The molecule has 3 atom stereocenters. The molecule has 0 radical (unpaired) electrons. The molecule has 1 aliphatic rings. The van der Waals surface area contributed by atoms with Crippen LogP contribution in [0.5, 0.6) is 0 Å². The highest BCUT2D eigenvalue weighted by Crippen LogP contribution is 2.31. The zero-order valence-corrected chi connectivity index (χ0v) is 10.8. The molecule has 0 aliphatic heterocycles. The summed E-state index contributed by atoms with van der Waals surface area (Å²) in [7, 11) is 0. The summed E-state index contributed by atoms with van der Waals surface area (Å²) in [6.45, 7) is 4.81. The third-order valence-electron chi connectivity index (χ3n) is 4.15. The first-order valence-electron chi connectivity index (χ1n) is 6.66. The van der Waals surface area contributed by atoms with Gasteiger partial charge in [-0.15, -0.1) is 0 Å². The number of para-hydroxylation sites is 1. The molecule has 0 spiro atoms. The van der Waals surface area contributed by atoms with E-state index >= 15 is 0 Å². The number of benzene rings is 1. The second kappa shape index (κ2) is 5.54. The fourth-order valence-corrected chi connectivity index (χ4v) is 2.70. The van der Waals surface area contributed by atoms with Crippen LogP contribution in [0.2, 0.25) is 0 Å². The Bertz CT molecular complexity index is 364. The first-order valence-corrected chi connectivity index (χ1v) is 6.66. The maximum absolute atomic E-state index is 9.30. The van der Waals surface area contributed by atoms with Crippen LogP contribution in [-0.2, 0) is 6.61 Å². The fourth-order valence-electron chi connectivity index (χ4n) is 2.70. The van der Waals surface area contributed by atoms with Crippen molar-refractivity contribution in [3.05, 3.63) is 29.8 Å². The molecule has 0 bridgehead atoms. The highest BCUT2D eigenvalue weighted by atomic mass is 16.3. The summed E-state index contributed by atoms with van der Waals surface area (Å²) >= 11 is 0. The van der Waals surface area contributed by atoms with Crippen molar-refractivity contribution in [1.29, 1.82) is 0 Å². The van der Waals surface area contributed by atoms with Gasteiger partial charge in [-0.25, -0.2) is 0 Å². The number of nitrogens with one attached hydrogen (secondary N) is 1. The van der Waals surface area contributed by atoms with Gasteiger partial charge in [0.05, 0.1) is 6.61 Å². The lowest BCUT2D eigenvalue weighted by Crippen LogP contribution is -2.30. The Morgan fingerprint density at radius 1 is 1.18 bits per heavy atom. The van der Waals surface area contributed by atoms with E-state index in [1.807, 2.05) is 18.2 Å². The molecule has 0 aromatic heterocycles. The van der Waals surface area contributed by atoms with Gasteiger partial charge in [0.25, 0.3) is 0 Å². The highest BCUT2D eigenvalue weighted by molar-refractivity contribution is 5.51. The predicted molar refractivity (Wildman–Crippen MR) is 72.0 cm³/mol. The average Bonchev–Trinajstić information content (AvgIpc) is 2.34. The van der Waals surface area contributed by atoms with E-state index in [0.717, 1.165) is 23.1 Å². The van der Waals surface area contributed by atoms with Gasteiger partial charge < -0.3 is 10.4 Å². The Hall–Kier alpha value is -1.02. The molecule has 0 saturated heterocycles. The van der Waals surface area contributed by atoms with Crippen molar-refractivity contribution < 1.29 is 5.11 Å². The van der Waals surface area contributed by atoms with Crippen LogP contribution in [0.3, 0.4) is 0 Å². The van der Waals surface area contributed by atoms with Crippen LogP contribution < -0.4 is 5.32 Å². The van der Waals surface area contributed by atoms with Gasteiger partial charge in [0.2, 0.25) is 0 Å². The van der Waals surface area contributed by atoms with Crippen LogP contribution in [0.1, 0.15) is 38.7 Å². The Kier molecular flexibility index (Phi) is 4.06. The summed E-state index contributed by atoms with van der Waals surface area (Å²) in [6, 6.07) is 8.61. The van der Waals surface area contributed by atoms with Gasteiger partial charge in [-0.1, -0.05) is 32.0 Å². The zero-order chi connectivity index (χ0) is 12.3. The Morgan fingerprint density at radius 2 is 1.94 bits per heavy atom. The zero-order valence-electron chi connectivity index (χ0n) is 10.8.